The summed E-state index contributed by atoms with van der Waals surface area (Å²) < 4.78 is 35.4. The molecule has 0 fully saturated rings. The lowest BCUT2D eigenvalue weighted by Crippen LogP contribution is -2.13. The van der Waals surface area contributed by atoms with E-state index in [-0.39, 0.29) is 43.1 Å². The van der Waals surface area contributed by atoms with Crippen LogP contribution >= 0.6 is 34.8 Å². The number of halogens is 3. The van der Waals surface area contributed by atoms with Gasteiger partial charge < -0.3 is 14.2 Å². The number of benzene rings is 2. The molecule has 0 heterocycles. The van der Waals surface area contributed by atoms with Crippen LogP contribution in [0.5, 0.6) is 11.5 Å². The van der Waals surface area contributed by atoms with Gasteiger partial charge in [0.1, 0.15) is 10.6 Å². The zero-order chi connectivity index (χ0) is 18.8. The third kappa shape index (κ3) is 4.70. The van der Waals surface area contributed by atoms with Crippen LogP contribution in [0.4, 0.5) is 5.69 Å². The minimum Gasteiger partial charge on any atom is -0.495 e. The van der Waals surface area contributed by atoms with Crippen LogP contribution in [-0.2, 0) is 14.9 Å². The van der Waals surface area contributed by atoms with Gasteiger partial charge in [-0.25, -0.2) is 0 Å². The summed E-state index contributed by atoms with van der Waals surface area (Å²) in [6.45, 7) is 1.29. The lowest BCUT2D eigenvalue weighted by molar-refractivity contribution is -0.114. The fraction of sp³-hybridized carbons (Fsp3) is 0.133. The predicted octanol–water partition coefficient (Wildman–Crippen LogP) is 4.38. The summed E-state index contributed by atoms with van der Waals surface area (Å²) in [5.41, 5.74) is 0.253. The Morgan fingerprint density at radius 1 is 1.08 bits per heavy atom. The molecule has 0 aliphatic carbocycles. The molecule has 10 heteroatoms. The maximum Gasteiger partial charge on any atom is 0.343 e. The summed E-state index contributed by atoms with van der Waals surface area (Å²) in [5, 5.41) is 2.56. The lowest BCUT2D eigenvalue weighted by Gasteiger charge is -2.14. The Kier molecular flexibility index (Phi) is 6.05. The van der Waals surface area contributed by atoms with E-state index in [2.05, 4.69) is 5.32 Å². The van der Waals surface area contributed by atoms with E-state index in [1.165, 1.54) is 44.4 Å². The van der Waals surface area contributed by atoms with Crippen LogP contribution in [0.1, 0.15) is 6.92 Å². The molecule has 1 amide bonds. The molecule has 2 rings (SSSR count). The van der Waals surface area contributed by atoms with Gasteiger partial charge in [-0.1, -0.05) is 34.8 Å². The van der Waals surface area contributed by atoms with Crippen LogP contribution in [0.15, 0.2) is 35.2 Å². The highest BCUT2D eigenvalue weighted by molar-refractivity contribution is 7.87. The van der Waals surface area contributed by atoms with Crippen LogP contribution in [0.3, 0.4) is 0 Å². The molecule has 0 spiro atoms. The van der Waals surface area contributed by atoms with E-state index in [1.807, 2.05) is 0 Å². The van der Waals surface area contributed by atoms with Crippen molar-refractivity contribution in [3.63, 3.8) is 0 Å². The van der Waals surface area contributed by atoms with Crippen LogP contribution < -0.4 is 14.2 Å². The van der Waals surface area contributed by atoms with E-state index < -0.39 is 10.1 Å². The summed E-state index contributed by atoms with van der Waals surface area (Å²) in [6, 6.07) is 6.66. The zero-order valence-corrected chi connectivity index (χ0v) is 16.1. The number of ether oxygens (including phenoxy) is 1. The zero-order valence-electron chi connectivity index (χ0n) is 13.0. The largest absolute Gasteiger partial charge is 0.495 e. The first-order chi connectivity index (χ1) is 11.6. The molecule has 6 nitrogen and oxygen atoms in total. The van der Waals surface area contributed by atoms with Gasteiger partial charge in [0.25, 0.3) is 0 Å². The van der Waals surface area contributed by atoms with Crippen molar-refractivity contribution in [1.82, 2.24) is 0 Å². The second-order valence-corrected chi connectivity index (χ2v) is 7.55. The number of nitrogens with one attached hydrogen (secondary N) is 1. The Hall–Kier alpha value is -1.67. The highest BCUT2D eigenvalue weighted by atomic mass is 35.5. The number of rotatable bonds is 5. The average molecular weight is 425 g/mol. The molecule has 0 aromatic heterocycles. The van der Waals surface area contributed by atoms with Crippen molar-refractivity contribution in [3.05, 3.63) is 45.4 Å². The molecule has 0 aliphatic rings. The number of hydrogen-bond donors (Lipinski definition) is 1. The predicted molar refractivity (Wildman–Crippen MR) is 96.6 cm³/mol. The van der Waals surface area contributed by atoms with Crippen molar-refractivity contribution in [2.75, 3.05) is 12.4 Å². The summed E-state index contributed by atoms with van der Waals surface area (Å²) in [5.74, 6) is -0.603. The third-order valence-corrected chi connectivity index (χ3v) is 4.93. The summed E-state index contributed by atoms with van der Waals surface area (Å²) in [4.78, 5) is 10.9. The Morgan fingerprint density at radius 3 is 2.20 bits per heavy atom. The van der Waals surface area contributed by atoms with Crippen molar-refractivity contribution in [2.24, 2.45) is 0 Å². The van der Waals surface area contributed by atoms with Gasteiger partial charge >= 0.3 is 10.1 Å². The Balaban J connectivity index is 2.50. The summed E-state index contributed by atoms with van der Waals surface area (Å²) >= 11 is 17.7. The quantitative estimate of drug-likeness (QED) is 0.720. The van der Waals surface area contributed by atoms with Crippen molar-refractivity contribution in [3.8, 4) is 11.5 Å². The fourth-order valence-electron chi connectivity index (χ4n) is 1.92. The van der Waals surface area contributed by atoms with Gasteiger partial charge in [0, 0.05) is 17.6 Å². The topological polar surface area (TPSA) is 81.7 Å². The van der Waals surface area contributed by atoms with Gasteiger partial charge in [0.2, 0.25) is 5.91 Å². The van der Waals surface area contributed by atoms with Gasteiger partial charge in [0.05, 0.1) is 17.2 Å². The molecule has 0 radical (unpaired) electrons. The molecule has 0 bridgehead atoms. The van der Waals surface area contributed by atoms with Crippen molar-refractivity contribution < 1.29 is 22.1 Å². The Morgan fingerprint density at radius 2 is 1.68 bits per heavy atom. The van der Waals surface area contributed by atoms with Crippen LogP contribution in [-0.4, -0.2) is 21.4 Å². The molecule has 0 atom stereocenters. The maximum absolute atomic E-state index is 12.6. The monoisotopic (exact) mass is 423 g/mol. The highest BCUT2D eigenvalue weighted by Crippen LogP contribution is 2.38. The normalized spacial score (nSPS) is 11.1. The second kappa shape index (κ2) is 7.70. The lowest BCUT2D eigenvalue weighted by atomic mass is 10.3. The number of methoxy groups -OCH3 is 1. The first kappa shape index (κ1) is 19.7. The van der Waals surface area contributed by atoms with Crippen LogP contribution in [0.2, 0.25) is 15.1 Å². The summed E-state index contributed by atoms with van der Waals surface area (Å²) in [6.07, 6.45) is 0. The SMILES string of the molecule is COc1ccc(NC(C)=O)cc1S(=O)(=O)Oc1c(Cl)cc(Cl)cc1Cl. The molecule has 1 N–H and O–H groups in total. The third-order valence-electron chi connectivity index (χ3n) is 2.91. The van der Waals surface area contributed by atoms with Gasteiger partial charge in [-0.2, -0.15) is 8.42 Å². The van der Waals surface area contributed by atoms with E-state index in [9.17, 15) is 13.2 Å². The first-order valence-corrected chi connectivity index (χ1v) is 9.23. The molecule has 134 valence electrons. The van der Waals surface area contributed by atoms with Gasteiger partial charge in [-0.05, 0) is 30.3 Å². The molecular formula is C15H12Cl3NO5S. The highest BCUT2D eigenvalue weighted by Gasteiger charge is 2.25. The molecule has 2 aromatic rings. The molecule has 25 heavy (non-hydrogen) atoms. The number of carbonyl (C=O) groups excluding carboxylic acids is 1. The number of anilines is 1. The van der Waals surface area contributed by atoms with Crippen LogP contribution in [0, 0.1) is 0 Å². The molecule has 0 aliphatic heterocycles. The Labute approximate surface area is 159 Å². The van der Waals surface area contributed by atoms with E-state index in [4.69, 9.17) is 43.7 Å². The smallest absolute Gasteiger partial charge is 0.343 e. The van der Waals surface area contributed by atoms with Gasteiger partial charge in [-0.15, -0.1) is 0 Å². The molecule has 0 saturated carbocycles. The van der Waals surface area contributed by atoms with Crippen molar-refractivity contribution in [1.29, 1.82) is 0 Å². The number of carbonyl (C=O) groups is 1. The van der Waals surface area contributed by atoms with Gasteiger partial charge in [0.15, 0.2) is 5.75 Å². The number of amides is 1. The van der Waals surface area contributed by atoms with E-state index in [1.54, 1.807) is 0 Å². The van der Waals surface area contributed by atoms with Crippen molar-refractivity contribution in [2.45, 2.75) is 11.8 Å². The number of hydrogen-bond acceptors (Lipinski definition) is 5. The maximum atomic E-state index is 12.6. The first-order valence-electron chi connectivity index (χ1n) is 6.68. The van der Waals surface area contributed by atoms with E-state index in [0.29, 0.717) is 0 Å². The second-order valence-electron chi connectivity index (χ2n) is 4.78. The molecule has 0 unspecified atom stereocenters. The van der Waals surface area contributed by atoms with E-state index >= 15 is 0 Å². The average Bonchev–Trinajstić information content (AvgIpc) is 2.50. The van der Waals surface area contributed by atoms with Gasteiger partial charge in [-0.3, -0.25) is 4.79 Å². The molecule has 2 aromatic carbocycles. The molecule has 0 saturated heterocycles. The Bertz CT molecular complexity index is 908. The minimum absolute atomic E-state index is 0.0234. The van der Waals surface area contributed by atoms with Crippen molar-refractivity contribution >= 4 is 56.5 Å². The standard InChI is InChI=1S/C15H12Cl3NO5S/c1-8(20)19-10-3-4-13(23-2)14(7-10)25(21,22)24-15-11(17)5-9(16)6-12(15)18/h3-7H,1-2H3,(H,19,20). The fourth-order valence-corrected chi connectivity index (χ4v) is 4.06. The summed E-state index contributed by atoms with van der Waals surface area (Å²) in [7, 11) is -3.06. The molecular weight excluding hydrogens is 413 g/mol. The van der Waals surface area contributed by atoms with Crippen LogP contribution in [0.25, 0.3) is 0 Å². The van der Waals surface area contributed by atoms with E-state index in [0.717, 1.165) is 0 Å². The minimum atomic E-state index is -4.36.